The summed E-state index contributed by atoms with van der Waals surface area (Å²) in [5.74, 6) is 0.179. The summed E-state index contributed by atoms with van der Waals surface area (Å²) in [5.41, 5.74) is -1.06. The Kier molecular flexibility index (Phi) is 3.05. The van der Waals surface area contributed by atoms with E-state index < -0.39 is 22.8 Å². The Hall–Kier alpha value is -1.26. The molecule has 1 nitrogen and oxygen atoms in total. The smallest absolute Gasteiger partial charge is 0.394 e. The van der Waals surface area contributed by atoms with Gasteiger partial charge in [0.25, 0.3) is 0 Å². The quantitative estimate of drug-likeness (QED) is 0.731. The number of alkyl halides is 3. The van der Waals surface area contributed by atoms with E-state index in [1.54, 1.807) is 13.8 Å². The molecule has 2 aliphatic rings. The number of halogens is 4. The summed E-state index contributed by atoms with van der Waals surface area (Å²) >= 11 is 0. The molecule has 1 heterocycles. The summed E-state index contributed by atoms with van der Waals surface area (Å²) in [6, 6.07) is 2.75. The Morgan fingerprint density at radius 3 is 2.43 bits per heavy atom. The second-order valence-electron chi connectivity index (χ2n) is 6.88. The van der Waals surface area contributed by atoms with Crippen LogP contribution in [0, 0.1) is 11.2 Å². The second kappa shape index (κ2) is 4.37. The Labute approximate surface area is 121 Å². The lowest BCUT2D eigenvalue weighted by molar-refractivity contribution is -0.192. The molecule has 3 rings (SSSR count). The summed E-state index contributed by atoms with van der Waals surface area (Å²) in [7, 11) is 0. The van der Waals surface area contributed by atoms with Crippen molar-refractivity contribution in [3.8, 4) is 5.75 Å². The van der Waals surface area contributed by atoms with E-state index in [0.29, 0.717) is 24.3 Å². The molecule has 116 valence electrons. The van der Waals surface area contributed by atoms with Crippen molar-refractivity contribution in [1.82, 2.24) is 0 Å². The largest absolute Gasteiger partial charge is 0.493 e. The van der Waals surface area contributed by atoms with Crippen LogP contribution in [-0.2, 0) is 11.8 Å². The van der Waals surface area contributed by atoms with Crippen molar-refractivity contribution in [1.29, 1.82) is 0 Å². The number of hydrogen-bond acceptors (Lipinski definition) is 1. The van der Waals surface area contributed by atoms with E-state index in [0.717, 1.165) is 5.56 Å². The van der Waals surface area contributed by atoms with Crippen LogP contribution in [0.3, 0.4) is 0 Å². The molecule has 0 radical (unpaired) electrons. The molecule has 1 aliphatic carbocycles. The normalized spacial score (nSPS) is 20.1. The third kappa shape index (κ3) is 2.40. The van der Waals surface area contributed by atoms with Crippen LogP contribution in [0.25, 0.3) is 0 Å². The number of benzene rings is 1. The van der Waals surface area contributed by atoms with Gasteiger partial charge >= 0.3 is 6.18 Å². The topological polar surface area (TPSA) is 9.23 Å². The molecule has 0 bridgehead atoms. The molecule has 0 spiro atoms. The van der Waals surface area contributed by atoms with Crippen molar-refractivity contribution in [3.63, 3.8) is 0 Å². The van der Waals surface area contributed by atoms with Crippen LogP contribution in [0.2, 0.25) is 0 Å². The molecule has 1 aromatic rings. The standard InChI is InChI=1S/C16H18F4O/c1-14(2,9-15(4-5-15)16(18,19)20)12-8-11(17)7-10-3-6-21-13(10)12/h7-8H,3-6,9H2,1-2H3. The third-order valence-electron chi connectivity index (χ3n) is 4.71. The van der Waals surface area contributed by atoms with Crippen LogP contribution in [0.4, 0.5) is 17.6 Å². The van der Waals surface area contributed by atoms with Gasteiger partial charge in [0.05, 0.1) is 12.0 Å². The Morgan fingerprint density at radius 2 is 1.86 bits per heavy atom. The van der Waals surface area contributed by atoms with Gasteiger partial charge in [0.1, 0.15) is 11.6 Å². The average molecular weight is 302 g/mol. The molecular weight excluding hydrogens is 284 g/mol. The van der Waals surface area contributed by atoms with E-state index in [2.05, 4.69) is 0 Å². The molecule has 0 saturated heterocycles. The van der Waals surface area contributed by atoms with Gasteiger partial charge in [-0.05, 0) is 36.8 Å². The molecular formula is C16H18F4O. The van der Waals surface area contributed by atoms with Crippen LogP contribution < -0.4 is 4.74 Å². The Bertz CT molecular complexity index is 570. The van der Waals surface area contributed by atoms with Crippen LogP contribution in [0.15, 0.2) is 12.1 Å². The van der Waals surface area contributed by atoms with Crippen LogP contribution in [0.1, 0.15) is 44.2 Å². The highest BCUT2D eigenvalue weighted by atomic mass is 19.4. The molecule has 1 saturated carbocycles. The fraction of sp³-hybridized carbons (Fsp3) is 0.625. The summed E-state index contributed by atoms with van der Waals surface area (Å²) in [6.45, 7) is 3.96. The molecule has 1 aliphatic heterocycles. The zero-order valence-corrected chi connectivity index (χ0v) is 12.1. The predicted octanol–water partition coefficient (Wildman–Crippen LogP) is 4.77. The summed E-state index contributed by atoms with van der Waals surface area (Å²) in [4.78, 5) is 0. The minimum Gasteiger partial charge on any atom is -0.493 e. The highest BCUT2D eigenvalue weighted by molar-refractivity contribution is 5.48. The maximum atomic E-state index is 13.8. The first-order valence-electron chi connectivity index (χ1n) is 7.17. The van der Waals surface area contributed by atoms with Crippen molar-refractivity contribution in [2.45, 2.75) is 51.1 Å². The first kappa shape index (κ1) is 14.7. The minimum absolute atomic E-state index is 0.0250. The molecule has 1 aromatic carbocycles. The van der Waals surface area contributed by atoms with Gasteiger partial charge in [-0.3, -0.25) is 0 Å². The number of hydrogen-bond donors (Lipinski definition) is 0. The SMILES string of the molecule is CC(C)(CC1(C(F)(F)F)CC1)c1cc(F)cc2c1OCC2. The first-order chi connectivity index (χ1) is 9.65. The van der Waals surface area contributed by atoms with Crippen molar-refractivity contribution in [2.75, 3.05) is 6.61 Å². The van der Waals surface area contributed by atoms with E-state index in [1.165, 1.54) is 12.1 Å². The van der Waals surface area contributed by atoms with Gasteiger partial charge in [0, 0.05) is 17.5 Å². The zero-order valence-electron chi connectivity index (χ0n) is 12.1. The molecule has 1 fully saturated rings. The van der Waals surface area contributed by atoms with E-state index in [4.69, 9.17) is 4.74 Å². The number of ether oxygens (including phenoxy) is 1. The van der Waals surface area contributed by atoms with Gasteiger partial charge in [-0.1, -0.05) is 13.8 Å². The zero-order chi connectivity index (χ0) is 15.5. The number of rotatable bonds is 3. The summed E-state index contributed by atoms with van der Waals surface area (Å²) in [5, 5.41) is 0. The van der Waals surface area contributed by atoms with Crippen molar-refractivity contribution in [2.24, 2.45) is 5.41 Å². The van der Waals surface area contributed by atoms with E-state index in [-0.39, 0.29) is 19.3 Å². The van der Waals surface area contributed by atoms with Gasteiger partial charge in [0.2, 0.25) is 0 Å². The van der Waals surface area contributed by atoms with Gasteiger partial charge in [-0.25, -0.2) is 4.39 Å². The fourth-order valence-corrected chi connectivity index (χ4v) is 3.42. The lowest BCUT2D eigenvalue weighted by Gasteiger charge is -2.32. The average Bonchev–Trinajstić information content (AvgIpc) is 2.98. The predicted molar refractivity (Wildman–Crippen MR) is 71.0 cm³/mol. The molecule has 21 heavy (non-hydrogen) atoms. The van der Waals surface area contributed by atoms with Gasteiger partial charge in [0.15, 0.2) is 0 Å². The third-order valence-corrected chi connectivity index (χ3v) is 4.71. The number of fused-ring (bicyclic) bond motifs is 1. The summed E-state index contributed by atoms with van der Waals surface area (Å²) in [6.07, 6.45) is -3.28. The maximum Gasteiger partial charge on any atom is 0.394 e. The van der Waals surface area contributed by atoms with Crippen LogP contribution in [-0.4, -0.2) is 12.8 Å². The van der Waals surface area contributed by atoms with Crippen LogP contribution >= 0.6 is 0 Å². The van der Waals surface area contributed by atoms with Gasteiger partial charge in [-0.2, -0.15) is 13.2 Å². The van der Waals surface area contributed by atoms with Crippen molar-refractivity contribution < 1.29 is 22.3 Å². The Morgan fingerprint density at radius 1 is 1.19 bits per heavy atom. The van der Waals surface area contributed by atoms with Crippen molar-refractivity contribution in [3.05, 3.63) is 29.1 Å². The minimum atomic E-state index is -4.19. The van der Waals surface area contributed by atoms with Gasteiger partial charge in [-0.15, -0.1) is 0 Å². The van der Waals surface area contributed by atoms with Gasteiger partial charge < -0.3 is 4.74 Å². The van der Waals surface area contributed by atoms with E-state index >= 15 is 0 Å². The molecule has 0 unspecified atom stereocenters. The monoisotopic (exact) mass is 302 g/mol. The lowest BCUT2D eigenvalue weighted by Crippen LogP contribution is -2.32. The summed E-state index contributed by atoms with van der Waals surface area (Å²) < 4.78 is 58.9. The second-order valence-corrected chi connectivity index (χ2v) is 6.88. The first-order valence-corrected chi connectivity index (χ1v) is 7.17. The highest BCUT2D eigenvalue weighted by Crippen LogP contribution is 2.63. The van der Waals surface area contributed by atoms with Crippen LogP contribution in [0.5, 0.6) is 5.75 Å². The molecule has 0 atom stereocenters. The molecule has 0 amide bonds. The lowest BCUT2D eigenvalue weighted by atomic mass is 9.74. The van der Waals surface area contributed by atoms with Crippen molar-refractivity contribution >= 4 is 0 Å². The fourth-order valence-electron chi connectivity index (χ4n) is 3.42. The molecule has 5 heteroatoms. The highest BCUT2D eigenvalue weighted by Gasteiger charge is 2.64. The molecule has 0 aromatic heterocycles. The maximum absolute atomic E-state index is 13.8. The molecule has 0 N–H and O–H groups in total. The van der Waals surface area contributed by atoms with E-state index in [1.807, 2.05) is 0 Å². The van der Waals surface area contributed by atoms with E-state index in [9.17, 15) is 17.6 Å². The Balaban J connectivity index is 1.96.